The first-order valence-electron chi connectivity index (χ1n) is 10.00. The summed E-state index contributed by atoms with van der Waals surface area (Å²) in [6, 6.07) is 14.8. The lowest BCUT2D eigenvalue weighted by atomic mass is 10.2. The second kappa shape index (κ2) is 12.0. The largest absolute Gasteiger partial charge is 0.494 e. The highest BCUT2D eigenvalue weighted by molar-refractivity contribution is 6.04. The van der Waals surface area contributed by atoms with Crippen molar-refractivity contribution in [3.05, 3.63) is 54.1 Å². The van der Waals surface area contributed by atoms with Gasteiger partial charge in [0.05, 0.1) is 13.2 Å². The lowest BCUT2D eigenvalue weighted by molar-refractivity contribution is 0.102. The molecule has 0 bridgehead atoms. The van der Waals surface area contributed by atoms with Crippen LogP contribution in [0.5, 0.6) is 11.5 Å². The van der Waals surface area contributed by atoms with Crippen molar-refractivity contribution in [1.29, 1.82) is 0 Å². The summed E-state index contributed by atoms with van der Waals surface area (Å²) in [5, 5.41) is 2.92. The summed E-state index contributed by atoms with van der Waals surface area (Å²) >= 11 is 0. The van der Waals surface area contributed by atoms with E-state index in [1.54, 1.807) is 12.1 Å². The molecule has 4 heteroatoms. The van der Waals surface area contributed by atoms with Crippen molar-refractivity contribution >= 4 is 11.6 Å². The Labute approximate surface area is 162 Å². The third kappa shape index (κ3) is 7.73. The molecule has 0 heterocycles. The Hall–Kier alpha value is -2.49. The van der Waals surface area contributed by atoms with Gasteiger partial charge in [0.1, 0.15) is 11.5 Å². The Morgan fingerprint density at radius 1 is 0.815 bits per heavy atom. The van der Waals surface area contributed by atoms with Crippen LogP contribution in [0.15, 0.2) is 48.5 Å². The Kier molecular flexibility index (Phi) is 9.25. The maximum absolute atomic E-state index is 12.4. The summed E-state index contributed by atoms with van der Waals surface area (Å²) in [4.78, 5) is 12.4. The molecule has 0 fully saturated rings. The van der Waals surface area contributed by atoms with Crippen molar-refractivity contribution in [2.75, 3.05) is 18.5 Å². The van der Waals surface area contributed by atoms with Crippen LogP contribution in [0.3, 0.4) is 0 Å². The fourth-order valence-electron chi connectivity index (χ4n) is 2.62. The average Bonchev–Trinajstić information content (AvgIpc) is 2.69. The van der Waals surface area contributed by atoms with Crippen LogP contribution in [0.2, 0.25) is 0 Å². The normalized spacial score (nSPS) is 10.4. The molecule has 0 unspecified atom stereocenters. The number of nitrogens with one attached hydrogen (secondary N) is 1. The van der Waals surface area contributed by atoms with Crippen LogP contribution < -0.4 is 14.8 Å². The molecular weight excluding hydrogens is 338 g/mol. The molecule has 0 saturated heterocycles. The molecule has 0 atom stereocenters. The molecule has 1 N–H and O–H groups in total. The minimum Gasteiger partial charge on any atom is -0.494 e. The third-order valence-corrected chi connectivity index (χ3v) is 4.24. The number of carbonyl (C=O) groups excluding carboxylic acids is 1. The number of amides is 1. The molecule has 1 amide bonds. The van der Waals surface area contributed by atoms with E-state index in [9.17, 15) is 4.79 Å². The number of hydrogen-bond donors (Lipinski definition) is 1. The highest BCUT2D eigenvalue weighted by atomic mass is 16.5. The zero-order valence-electron chi connectivity index (χ0n) is 16.5. The van der Waals surface area contributed by atoms with Gasteiger partial charge in [-0.15, -0.1) is 0 Å². The molecule has 0 aromatic heterocycles. The standard InChI is InChI=1S/C23H31NO3/c1-3-5-7-8-17-27-22-11-9-10-20(18-22)24-23(25)19-12-14-21(15-13-19)26-16-6-4-2/h9-15,18H,3-8,16-17H2,1-2H3,(H,24,25). The van der Waals surface area contributed by atoms with Crippen molar-refractivity contribution in [1.82, 2.24) is 0 Å². The van der Waals surface area contributed by atoms with Gasteiger partial charge >= 0.3 is 0 Å². The van der Waals surface area contributed by atoms with Crippen molar-refractivity contribution < 1.29 is 14.3 Å². The highest BCUT2D eigenvalue weighted by Gasteiger charge is 2.07. The predicted octanol–water partition coefficient (Wildman–Crippen LogP) is 6.08. The van der Waals surface area contributed by atoms with Gasteiger partial charge in [0.25, 0.3) is 5.91 Å². The van der Waals surface area contributed by atoms with Gasteiger partial charge in [0, 0.05) is 17.3 Å². The molecule has 0 spiro atoms. The molecule has 2 rings (SSSR count). The number of ether oxygens (including phenoxy) is 2. The van der Waals surface area contributed by atoms with Crippen LogP contribution in [-0.2, 0) is 0 Å². The van der Waals surface area contributed by atoms with Crippen LogP contribution >= 0.6 is 0 Å². The van der Waals surface area contributed by atoms with Crippen molar-refractivity contribution in [3.63, 3.8) is 0 Å². The number of rotatable bonds is 12. The predicted molar refractivity (Wildman–Crippen MR) is 111 cm³/mol. The number of benzene rings is 2. The molecule has 146 valence electrons. The van der Waals surface area contributed by atoms with Crippen LogP contribution in [0.1, 0.15) is 62.7 Å². The topological polar surface area (TPSA) is 47.6 Å². The summed E-state index contributed by atoms with van der Waals surface area (Å²) in [6.07, 6.45) is 6.82. The number of carbonyl (C=O) groups is 1. The van der Waals surface area contributed by atoms with E-state index in [1.807, 2.05) is 36.4 Å². The average molecular weight is 370 g/mol. The Balaban J connectivity index is 1.85. The zero-order chi connectivity index (χ0) is 19.3. The van der Waals surface area contributed by atoms with Gasteiger partial charge in [-0.3, -0.25) is 4.79 Å². The quantitative estimate of drug-likeness (QED) is 0.461. The second-order valence-electron chi connectivity index (χ2n) is 6.62. The van der Waals surface area contributed by atoms with Crippen LogP contribution in [0, 0.1) is 0 Å². The Morgan fingerprint density at radius 3 is 2.26 bits per heavy atom. The van der Waals surface area contributed by atoms with E-state index in [1.165, 1.54) is 19.3 Å². The first-order valence-corrected chi connectivity index (χ1v) is 10.00. The summed E-state index contributed by atoms with van der Waals surface area (Å²) in [5.74, 6) is 1.43. The van der Waals surface area contributed by atoms with Crippen LogP contribution in [0.25, 0.3) is 0 Å². The molecule has 0 radical (unpaired) electrons. The number of unbranched alkanes of at least 4 members (excludes halogenated alkanes) is 4. The van der Waals surface area contributed by atoms with Crippen molar-refractivity contribution in [2.45, 2.75) is 52.4 Å². The molecule has 27 heavy (non-hydrogen) atoms. The molecule has 4 nitrogen and oxygen atoms in total. The summed E-state index contributed by atoms with van der Waals surface area (Å²) in [5.41, 5.74) is 1.33. The van der Waals surface area contributed by atoms with E-state index in [-0.39, 0.29) is 5.91 Å². The van der Waals surface area contributed by atoms with E-state index in [2.05, 4.69) is 19.2 Å². The Morgan fingerprint density at radius 2 is 1.52 bits per heavy atom. The van der Waals surface area contributed by atoms with Crippen LogP contribution in [-0.4, -0.2) is 19.1 Å². The molecule has 0 saturated carbocycles. The number of hydrogen-bond acceptors (Lipinski definition) is 3. The molecule has 0 aliphatic carbocycles. The smallest absolute Gasteiger partial charge is 0.255 e. The molecule has 0 aliphatic rings. The van der Waals surface area contributed by atoms with Crippen molar-refractivity contribution in [2.24, 2.45) is 0 Å². The highest BCUT2D eigenvalue weighted by Crippen LogP contribution is 2.19. The molecular formula is C23H31NO3. The van der Waals surface area contributed by atoms with Gasteiger partial charge in [-0.05, 0) is 49.2 Å². The van der Waals surface area contributed by atoms with E-state index in [0.29, 0.717) is 18.8 Å². The lowest BCUT2D eigenvalue weighted by Crippen LogP contribution is -2.12. The summed E-state index contributed by atoms with van der Waals surface area (Å²) in [7, 11) is 0. The van der Waals surface area contributed by atoms with E-state index >= 15 is 0 Å². The van der Waals surface area contributed by atoms with Crippen LogP contribution in [0.4, 0.5) is 5.69 Å². The van der Waals surface area contributed by atoms with E-state index < -0.39 is 0 Å². The van der Waals surface area contributed by atoms with Gasteiger partial charge in [-0.2, -0.15) is 0 Å². The van der Waals surface area contributed by atoms with Gasteiger partial charge < -0.3 is 14.8 Å². The first-order chi connectivity index (χ1) is 13.2. The van der Waals surface area contributed by atoms with Gasteiger partial charge in [-0.1, -0.05) is 45.6 Å². The third-order valence-electron chi connectivity index (χ3n) is 4.24. The maximum Gasteiger partial charge on any atom is 0.255 e. The molecule has 2 aromatic carbocycles. The van der Waals surface area contributed by atoms with Gasteiger partial charge in [0.15, 0.2) is 0 Å². The second-order valence-corrected chi connectivity index (χ2v) is 6.62. The number of anilines is 1. The first kappa shape index (κ1) is 20.8. The zero-order valence-corrected chi connectivity index (χ0v) is 16.5. The fraction of sp³-hybridized carbons (Fsp3) is 0.435. The Bertz CT molecular complexity index is 682. The monoisotopic (exact) mass is 369 g/mol. The minimum atomic E-state index is -0.143. The lowest BCUT2D eigenvalue weighted by Gasteiger charge is -2.10. The summed E-state index contributed by atoms with van der Waals surface area (Å²) < 4.78 is 11.4. The molecule has 0 aliphatic heterocycles. The minimum absolute atomic E-state index is 0.143. The SMILES string of the molecule is CCCCCCOc1cccc(NC(=O)c2ccc(OCCCC)cc2)c1. The fourth-order valence-corrected chi connectivity index (χ4v) is 2.62. The van der Waals surface area contributed by atoms with Gasteiger partial charge in [0.2, 0.25) is 0 Å². The van der Waals surface area contributed by atoms with E-state index in [0.717, 1.165) is 36.4 Å². The van der Waals surface area contributed by atoms with E-state index in [4.69, 9.17) is 9.47 Å². The van der Waals surface area contributed by atoms with Crippen molar-refractivity contribution in [3.8, 4) is 11.5 Å². The van der Waals surface area contributed by atoms with Gasteiger partial charge in [-0.25, -0.2) is 0 Å². The maximum atomic E-state index is 12.4. The summed E-state index contributed by atoms with van der Waals surface area (Å²) in [6.45, 7) is 5.73. The molecule has 2 aromatic rings.